The smallest absolute Gasteiger partial charge is 0.197 e. The molecular formula is C21H20Cl2FNO5. The Morgan fingerprint density at radius 2 is 1.97 bits per heavy atom. The number of phenols is 2. The molecule has 160 valence electrons. The molecule has 9 heteroatoms. The molecule has 2 atom stereocenters. The van der Waals surface area contributed by atoms with Crippen LogP contribution < -0.4 is 5.43 Å². The average molecular weight is 456 g/mol. The molecule has 2 aromatic carbocycles. The quantitative estimate of drug-likeness (QED) is 0.554. The summed E-state index contributed by atoms with van der Waals surface area (Å²) in [6.45, 7) is 0.528. The zero-order valence-electron chi connectivity index (χ0n) is 15.9. The van der Waals surface area contributed by atoms with E-state index in [1.807, 2.05) is 11.9 Å². The van der Waals surface area contributed by atoms with Crippen molar-refractivity contribution in [1.29, 1.82) is 0 Å². The SMILES string of the molecule is CN1CC[C@H](c2c(O)cc(O)c3c(=O)cc(-c4cc(F)ccc4Cl)oc23)[C@H]1CO.Cl. The number of aliphatic hydroxyl groups excluding tert-OH is 1. The Balaban J connectivity index is 0.00000256. The van der Waals surface area contributed by atoms with Crippen LogP contribution in [-0.4, -0.2) is 46.5 Å². The summed E-state index contributed by atoms with van der Waals surface area (Å²) in [7, 11) is 1.86. The fourth-order valence-electron chi connectivity index (χ4n) is 4.11. The van der Waals surface area contributed by atoms with E-state index >= 15 is 0 Å². The minimum Gasteiger partial charge on any atom is -0.507 e. The molecule has 0 radical (unpaired) electrons. The van der Waals surface area contributed by atoms with Crippen molar-refractivity contribution in [2.45, 2.75) is 18.4 Å². The van der Waals surface area contributed by atoms with Crippen LogP contribution in [0.2, 0.25) is 5.02 Å². The average Bonchev–Trinajstić information content (AvgIpc) is 3.03. The van der Waals surface area contributed by atoms with Crippen LogP contribution in [-0.2, 0) is 0 Å². The van der Waals surface area contributed by atoms with E-state index in [2.05, 4.69) is 0 Å². The summed E-state index contributed by atoms with van der Waals surface area (Å²) >= 11 is 6.16. The van der Waals surface area contributed by atoms with Crippen LogP contribution in [0.25, 0.3) is 22.3 Å². The second-order valence-electron chi connectivity index (χ2n) is 7.26. The first kappa shape index (κ1) is 22.4. The summed E-state index contributed by atoms with van der Waals surface area (Å²) in [5.74, 6) is -1.51. The van der Waals surface area contributed by atoms with E-state index in [0.29, 0.717) is 18.5 Å². The first-order chi connectivity index (χ1) is 13.8. The summed E-state index contributed by atoms with van der Waals surface area (Å²) in [5.41, 5.74) is -0.0364. The van der Waals surface area contributed by atoms with Gasteiger partial charge in [0.2, 0.25) is 0 Å². The van der Waals surface area contributed by atoms with E-state index in [1.165, 1.54) is 12.1 Å². The molecule has 6 nitrogen and oxygen atoms in total. The Hall–Kier alpha value is -2.32. The molecule has 1 aliphatic rings. The summed E-state index contributed by atoms with van der Waals surface area (Å²) in [5, 5.41) is 30.8. The van der Waals surface area contributed by atoms with Crippen molar-refractivity contribution < 1.29 is 24.1 Å². The highest BCUT2D eigenvalue weighted by Crippen LogP contribution is 2.44. The molecule has 3 aromatic rings. The highest BCUT2D eigenvalue weighted by atomic mass is 35.5. The topological polar surface area (TPSA) is 94.1 Å². The number of aromatic hydroxyl groups is 2. The van der Waals surface area contributed by atoms with Gasteiger partial charge in [0.25, 0.3) is 0 Å². The van der Waals surface area contributed by atoms with Crippen LogP contribution in [0.4, 0.5) is 4.39 Å². The van der Waals surface area contributed by atoms with Crippen molar-refractivity contribution in [2.24, 2.45) is 0 Å². The predicted octanol–water partition coefficient (Wildman–Crippen LogP) is 3.87. The Labute approximate surface area is 182 Å². The van der Waals surface area contributed by atoms with Crippen LogP contribution in [0.1, 0.15) is 17.9 Å². The maximum absolute atomic E-state index is 13.7. The minimum atomic E-state index is -0.552. The number of hydrogen-bond donors (Lipinski definition) is 3. The van der Waals surface area contributed by atoms with Gasteiger partial charge in [0, 0.05) is 35.2 Å². The Kier molecular flexibility index (Phi) is 6.29. The summed E-state index contributed by atoms with van der Waals surface area (Å²) in [6, 6.07) is 5.64. The molecule has 0 aliphatic carbocycles. The third-order valence-electron chi connectivity index (χ3n) is 5.57. The van der Waals surface area contributed by atoms with E-state index in [1.54, 1.807) is 0 Å². The Morgan fingerprint density at radius 1 is 1.23 bits per heavy atom. The molecule has 30 heavy (non-hydrogen) atoms. The lowest BCUT2D eigenvalue weighted by molar-refractivity contribution is 0.172. The zero-order chi connectivity index (χ0) is 20.9. The minimum absolute atomic E-state index is 0. The number of fused-ring (bicyclic) bond motifs is 1. The predicted molar refractivity (Wildman–Crippen MR) is 114 cm³/mol. The van der Waals surface area contributed by atoms with Crippen LogP contribution in [0.5, 0.6) is 11.5 Å². The van der Waals surface area contributed by atoms with Crippen molar-refractivity contribution in [3.05, 3.63) is 57.0 Å². The van der Waals surface area contributed by atoms with Crippen LogP contribution in [0.15, 0.2) is 39.5 Å². The van der Waals surface area contributed by atoms with Gasteiger partial charge in [-0.25, -0.2) is 4.39 Å². The number of likely N-dealkylation sites (tertiary alicyclic amines) is 1. The van der Waals surface area contributed by atoms with Gasteiger partial charge >= 0.3 is 0 Å². The first-order valence-corrected chi connectivity index (χ1v) is 9.48. The number of aliphatic hydroxyl groups is 1. The molecular weight excluding hydrogens is 436 g/mol. The fourth-order valence-corrected chi connectivity index (χ4v) is 4.32. The van der Waals surface area contributed by atoms with E-state index in [9.17, 15) is 24.5 Å². The van der Waals surface area contributed by atoms with Gasteiger partial charge in [-0.05, 0) is 38.2 Å². The molecule has 0 amide bonds. The number of halogens is 3. The Morgan fingerprint density at radius 3 is 2.67 bits per heavy atom. The van der Waals surface area contributed by atoms with Gasteiger partial charge in [-0.1, -0.05) is 11.6 Å². The number of hydrogen-bond acceptors (Lipinski definition) is 6. The fraction of sp³-hybridized carbons (Fsp3) is 0.286. The number of benzene rings is 2. The molecule has 1 saturated heterocycles. The molecule has 1 aromatic heterocycles. The lowest BCUT2D eigenvalue weighted by Crippen LogP contribution is -2.32. The van der Waals surface area contributed by atoms with Gasteiger partial charge in [0.05, 0.1) is 11.6 Å². The number of phenolic OH excluding ortho intramolecular Hbond substituents is 2. The van der Waals surface area contributed by atoms with Crippen LogP contribution >= 0.6 is 24.0 Å². The molecule has 2 heterocycles. The second kappa shape index (κ2) is 8.43. The Bertz CT molecular complexity index is 1170. The van der Waals surface area contributed by atoms with Gasteiger partial charge in [-0.2, -0.15) is 0 Å². The number of likely N-dealkylation sites (N-methyl/N-ethyl adjacent to an activating group) is 1. The van der Waals surface area contributed by atoms with Crippen molar-refractivity contribution in [2.75, 3.05) is 20.2 Å². The number of rotatable bonds is 3. The highest BCUT2D eigenvalue weighted by molar-refractivity contribution is 6.33. The molecule has 0 bridgehead atoms. The normalized spacial score (nSPS) is 19.2. The van der Waals surface area contributed by atoms with Gasteiger partial charge in [0.15, 0.2) is 5.43 Å². The summed E-state index contributed by atoms with van der Waals surface area (Å²) in [6.07, 6.45) is 0.615. The van der Waals surface area contributed by atoms with E-state index in [4.69, 9.17) is 16.0 Å². The van der Waals surface area contributed by atoms with Gasteiger partial charge in [0.1, 0.15) is 34.0 Å². The van der Waals surface area contributed by atoms with E-state index in [0.717, 1.165) is 18.2 Å². The molecule has 0 spiro atoms. The molecule has 1 aliphatic heterocycles. The third-order valence-corrected chi connectivity index (χ3v) is 5.90. The molecule has 0 saturated carbocycles. The number of nitrogens with zero attached hydrogens (tertiary/aromatic N) is 1. The van der Waals surface area contributed by atoms with E-state index in [-0.39, 0.29) is 64.0 Å². The standard InChI is InChI=1S/C21H19ClFNO5.ClH/c1-24-5-4-11(14(24)9-25)19-15(26)7-16(27)20-17(28)8-18(29-21(19)20)12-6-10(23)2-3-13(12)22;/h2-3,6-8,11,14,25-27H,4-5,9H2,1H3;1H/t11-,14+;/m0./s1. The molecule has 1 fully saturated rings. The summed E-state index contributed by atoms with van der Waals surface area (Å²) in [4.78, 5) is 14.7. The van der Waals surface area contributed by atoms with Crippen molar-refractivity contribution in [1.82, 2.24) is 4.90 Å². The monoisotopic (exact) mass is 455 g/mol. The maximum atomic E-state index is 13.7. The molecule has 0 unspecified atom stereocenters. The van der Waals surface area contributed by atoms with Gasteiger partial charge in [-0.3, -0.25) is 4.79 Å². The van der Waals surface area contributed by atoms with Crippen molar-refractivity contribution in [3.63, 3.8) is 0 Å². The van der Waals surface area contributed by atoms with E-state index < -0.39 is 17.0 Å². The summed E-state index contributed by atoms with van der Waals surface area (Å²) < 4.78 is 19.7. The zero-order valence-corrected chi connectivity index (χ0v) is 17.5. The van der Waals surface area contributed by atoms with Crippen molar-refractivity contribution >= 4 is 35.0 Å². The lowest BCUT2D eigenvalue weighted by atomic mass is 9.89. The van der Waals surface area contributed by atoms with Gasteiger partial charge in [-0.15, -0.1) is 12.4 Å². The van der Waals surface area contributed by atoms with Gasteiger partial charge < -0.3 is 24.6 Å². The third kappa shape index (κ3) is 3.63. The van der Waals surface area contributed by atoms with Crippen LogP contribution in [0.3, 0.4) is 0 Å². The largest absolute Gasteiger partial charge is 0.507 e. The first-order valence-electron chi connectivity index (χ1n) is 9.11. The highest BCUT2D eigenvalue weighted by Gasteiger charge is 2.36. The lowest BCUT2D eigenvalue weighted by Gasteiger charge is -2.24. The molecule has 4 rings (SSSR count). The van der Waals surface area contributed by atoms with Crippen molar-refractivity contribution in [3.8, 4) is 22.8 Å². The molecule has 3 N–H and O–H groups in total. The van der Waals surface area contributed by atoms with Crippen LogP contribution in [0, 0.1) is 5.82 Å². The second-order valence-corrected chi connectivity index (χ2v) is 7.66. The maximum Gasteiger partial charge on any atom is 0.197 e.